The van der Waals surface area contributed by atoms with Crippen molar-refractivity contribution in [2.24, 2.45) is 0 Å². The number of nitrogen functional groups attached to an aromatic ring is 1. The quantitative estimate of drug-likeness (QED) is 0.546. The Morgan fingerprint density at radius 3 is 2.57 bits per heavy atom. The van der Waals surface area contributed by atoms with Gasteiger partial charge in [0.25, 0.3) is 0 Å². The molecule has 1 heterocycles. The fourth-order valence-electron chi connectivity index (χ4n) is 1.56. The Balaban J connectivity index is 2.23. The average molecular weight is 290 g/mol. The van der Waals surface area contributed by atoms with Crippen LogP contribution in [0.4, 0.5) is 27.8 Å². The van der Waals surface area contributed by atoms with Crippen LogP contribution in [0.25, 0.3) is 0 Å². The Morgan fingerprint density at radius 2 is 1.95 bits per heavy atom. The number of methoxy groups -OCH3 is 1. The van der Waals surface area contributed by atoms with Gasteiger partial charge in [-0.25, -0.2) is 9.78 Å². The molecular formula is C13H14N4O4. The lowest BCUT2D eigenvalue weighted by molar-refractivity contribution is 0.186. The van der Waals surface area contributed by atoms with Crippen LogP contribution in [-0.2, 0) is 4.74 Å². The second kappa shape index (κ2) is 5.87. The van der Waals surface area contributed by atoms with Gasteiger partial charge in [-0.05, 0) is 24.3 Å². The summed E-state index contributed by atoms with van der Waals surface area (Å²) in [5.74, 6) is -0.161. The van der Waals surface area contributed by atoms with E-state index in [9.17, 15) is 15.0 Å². The summed E-state index contributed by atoms with van der Waals surface area (Å²) in [6.07, 6.45) is -0.767. The van der Waals surface area contributed by atoms with Gasteiger partial charge in [0, 0.05) is 11.8 Å². The fourth-order valence-corrected chi connectivity index (χ4v) is 1.56. The number of aromatic hydroxyl groups is 2. The highest BCUT2D eigenvalue weighted by molar-refractivity contribution is 5.87. The maximum absolute atomic E-state index is 11.1. The molecule has 0 radical (unpaired) electrons. The van der Waals surface area contributed by atoms with Crippen molar-refractivity contribution < 1.29 is 19.7 Å². The topological polar surface area (TPSA) is 130 Å². The minimum Gasteiger partial charge on any atom is -0.508 e. The molecule has 1 aromatic heterocycles. The van der Waals surface area contributed by atoms with Gasteiger partial charge in [-0.15, -0.1) is 0 Å². The zero-order valence-corrected chi connectivity index (χ0v) is 11.1. The molecule has 8 nitrogen and oxygen atoms in total. The van der Waals surface area contributed by atoms with Crippen LogP contribution in [0.5, 0.6) is 11.5 Å². The lowest BCUT2D eigenvalue weighted by Gasteiger charge is -2.12. The third-order valence-electron chi connectivity index (χ3n) is 2.58. The van der Waals surface area contributed by atoms with Gasteiger partial charge >= 0.3 is 6.09 Å². The first-order chi connectivity index (χ1) is 9.99. The highest BCUT2D eigenvalue weighted by Crippen LogP contribution is 2.31. The molecule has 110 valence electrons. The van der Waals surface area contributed by atoms with Crippen LogP contribution in [-0.4, -0.2) is 28.4 Å². The number of hydrogen-bond donors (Lipinski definition) is 5. The molecule has 0 aliphatic rings. The van der Waals surface area contributed by atoms with E-state index in [1.807, 2.05) is 0 Å². The molecule has 0 fully saturated rings. The summed E-state index contributed by atoms with van der Waals surface area (Å²) in [7, 11) is 1.19. The summed E-state index contributed by atoms with van der Waals surface area (Å²) in [5, 5.41) is 24.2. The van der Waals surface area contributed by atoms with Gasteiger partial charge in [-0.2, -0.15) is 0 Å². The summed E-state index contributed by atoms with van der Waals surface area (Å²) >= 11 is 0. The normalized spacial score (nSPS) is 9.95. The highest BCUT2D eigenvalue weighted by Gasteiger charge is 2.12. The summed E-state index contributed by atoms with van der Waals surface area (Å²) in [4.78, 5) is 15.0. The first kappa shape index (κ1) is 14.3. The van der Waals surface area contributed by atoms with Gasteiger partial charge in [0.2, 0.25) is 0 Å². The Bertz CT molecular complexity index is 658. The molecular weight excluding hydrogens is 276 g/mol. The number of ether oxygens (including phenoxy) is 1. The zero-order chi connectivity index (χ0) is 15.4. The van der Waals surface area contributed by atoms with Gasteiger partial charge < -0.3 is 26.0 Å². The Hall–Kier alpha value is -3.16. The van der Waals surface area contributed by atoms with Crippen molar-refractivity contribution in [2.45, 2.75) is 0 Å². The van der Waals surface area contributed by atoms with E-state index in [-0.39, 0.29) is 23.1 Å². The van der Waals surface area contributed by atoms with Crippen molar-refractivity contribution in [3.05, 3.63) is 30.3 Å². The van der Waals surface area contributed by atoms with E-state index in [0.29, 0.717) is 11.4 Å². The van der Waals surface area contributed by atoms with Gasteiger partial charge in [-0.3, -0.25) is 5.32 Å². The molecule has 8 heteroatoms. The predicted molar refractivity (Wildman–Crippen MR) is 77.7 cm³/mol. The molecule has 0 bridgehead atoms. The van der Waals surface area contributed by atoms with E-state index in [1.54, 1.807) is 12.1 Å². The molecule has 0 atom stereocenters. The van der Waals surface area contributed by atoms with Crippen LogP contribution >= 0.6 is 0 Å². The fraction of sp³-hybridized carbons (Fsp3) is 0.0769. The average Bonchev–Trinajstić information content (AvgIpc) is 2.46. The van der Waals surface area contributed by atoms with Gasteiger partial charge in [0.15, 0.2) is 11.6 Å². The largest absolute Gasteiger partial charge is 0.508 e. The number of pyridine rings is 1. The Labute approximate surface area is 120 Å². The number of nitrogens with zero attached hydrogens (tertiary/aromatic N) is 1. The smallest absolute Gasteiger partial charge is 0.412 e. The standard InChI is InChI=1S/C13H14N4O4/c1-21-13(20)17-12-10(19)6-9(11(14)16-12)15-7-2-4-8(18)5-3-7/h2-6,15,18-19H,1H3,(H3,14,16,17,20). The minimum absolute atomic E-state index is 0.0762. The molecule has 0 unspecified atom stereocenters. The zero-order valence-electron chi connectivity index (χ0n) is 11.1. The number of aromatic nitrogens is 1. The number of carbonyl (C=O) groups is 1. The maximum atomic E-state index is 11.1. The molecule has 6 N–H and O–H groups in total. The lowest BCUT2D eigenvalue weighted by atomic mass is 10.2. The molecule has 2 aromatic rings. The van der Waals surface area contributed by atoms with Crippen molar-refractivity contribution in [2.75, 3.05) is 23.5 Å². The molecule has 1 aromatic carbocycles. The van der Waals surface area contributed by atoms with E-state index in [2.05, 4.69) is 20.4 Å². The van der Waals surface area contributed by atoms with Crippen molar-refractivity contribution in [1.82, 2.24) is 4.98 Å². The first-order valence-electron chi connectivity index (χ1n) is 5.90. The van der Waals surface area contributed by atoms with E-state index >= 15 is 0 Å². The van der Waals surface area contributed by atoms with Crippen molar-refractivity contribution in [3.8, 4) is 11.5 Å². The number of rotatable bonds is 3. The molecule has 0 saturated carbocycles. The summed E-state index contributed by atoms with van der Waals surface area (Å²) in [6, 6.07) is 7.58. The number of hydrogen-bond acceptors (Lipinski definition) is 7. The van der Waals surface area contributed by atoms with Crippen LogP contribution in [0, 0.1) is 0 Å². The summed E-state index contributed by atoms with van der Waals surface area (Å²) in [6.45, 7) is 0. The Morgan fingerprint density at radius 1 is 1.29 bits per heavy atom. The second-order valence-electron chi connectivity index (χ2n) is 4.08. The Kier molecular flexibility index (Phi) is 3.98. The van der Waals surface area contributed by atoms with Crippen molar-refractivity contribution in [3.63, 3.8) is 0 Å². The van der Waals surface area contributed by atoms with Crippen LogP contribution in [0.1, 0.15) is 0 Å². The summed E-state index contributed by atoms with van der Waals surface area (Å²) in [5.41, 5.74) is 6.76. The molecule has 0 aliphatic heterocycles. The third-order valence-corrected chi connectivity index (χ3v) is 2.58. The number of benzene rings is 1. The number of carbonyl (C=O) groups excluding carboxylic acids is 1. The maximum Gasteiger partial charge on any atom is 0.412 e. The molecule has 0 saturated heterocycles. The predicted octanol–water partition coefficient (Wildman–Crippen LogP) is 2.00. The lowest BCUT2D eigenvalue weighted by Crippen LogP contribution is -2.13. The van der Waals surface area contributed by atoms with Crippen LogP contribution in [0.15, 0.2) is 30.3 Å². The number of nitrogens with one attached hydrogen (secondary N) is 2. The van der Waals surface area contributed by atoms with Crippen molar-refractivity contribution in [1.29, 1.82) is 0 Å². The number of anilines is 4. The van der Waals surface area contributed by atoms with E-state index in [0.717, 1.165) is 0 Å². The SMILES string of the molecule is COC(=O)Nc1nc(N)c(Nc2ccc(O)cc2)cc1O. The van der Waals surface area contributed by atoms with Crippen LogP contribution in [0.2, 0.25) is 0 Å². The van der Waals surface area contributed by atoms with Gasteiger partial charge in [0.1, 0.15) is 11.6 Å². The van der Waals surface area contributed by atoms with Gasteiger partial charge in [-0.1, -0.05) is 0 Å². The molecule has 2 rings (SSSR count). The van der Waals surface area contributed by atoms with Crippen LogP contribution in [0.3, 0.4) is 0 Å². The number of phenols is 1. The molecule has 0 spiro atoms. The monoisotopic (exact) mass is 290 g/mol. The molecule has 21 heavy (non-hydrogen) atoms. The first-order valence-corrected chi connectivity index (χ1v) is 5.90. The third kappa shape index (κ3) is 3.44. The highest BCUT2D eigenvalue weighted by atomic mass is 16.5. The van der Waals surface area contributed by atoms with E-state index in [4.69, 9.17) is 5.73 Å². The van der Waals surface area contributed by atoms with Gasteiger partial charge in [0.05, 0.1) is 12.8 Å². The van der Waals surface area contributed by atoms with Crippen molar-refractivity contribution >= 4 is 29.1 Å². The minimum atomic E-state index is -0.767. The van der Waals surface area contributed by atoms with E-state index < -0.39 is 6.09 Å². The second-order valence-corrected chi connectivity index (χ2v) is 4.08. The molecule has 1 amide bonds. The summed E-state index contributed by atoms with van der Waals surface area (Å²) < 4.78 is 4.40. The number of nitrogens with two attached hydrogens (primary N) is 1. The number of amides is 1. The number of phenolic OH excluding ortho intramolecular Hbond substituents is 1. The van der Waals surface area contributed by atoms with Crippen LogP contribution < -0.4 is 16.4 Å². The molecule has 0 aliphatic carbocycles. The van der Waals surface area contributed by atoms with E-state index in [1.165, 1.54) is 25.3 Å².